The summed E-state index contributed by atoms with van der Waals surface area (Å²) in [5.41, 5.74) is 0.788. The monoisotopic (exact) mass is 279 g/mol. The van der Waals surface area contributed by atoms with Gasteiger partial charge in [-0.05, 0) is 18.1 Å². The Hall–Kier alpha value is -1.62. The molecule has 1 saturated heterocycles. The number of nitrogens with zero attached hydrogens (tertiary/aromatic N) is 1. The van der Waals surface area contributed by atoms with Gasteiger partial charge in [0.1, 0.15) is 0 Å². The van der Waals surface area contributed by atoms with E-state index in [-0.39, 0.29) is 18.2 Å². The molecule has 0 spiro atoms. The average molecular weight is 279 g/mol. The summed E-state index contributed by atoms with van der Waals surface area (Å²) in [6.07, 6.45) is 1.74. The van der Waals surface area contributed by atoms with Crippen molar-refractivity contribution in [2.45, 2.75) is 17.4 Å². The van der Waals surface area contributed by atoms with Crippen molar-refractivity contribution in [2.24, 2.45) is 0 Å². The maximum atomic E-state index is 12.3. The Labute approximate surface area is 113 Å². The molecule has 19 heavy (non-hydrogen) atoms. The van der Waals surface area contributed by atoms with Crippen LogP contribution in [0.4, 0.5) is 0 Å². The first-order chi connectivity index (χ1) is 9.03. The lowest BCUT2D eigenvalue weighted by Gasteiger charge is -2.14. The molecule has 1 aromatic rings. The summed E-state index contributed by atoms with van der Waals surface area (Å²) in [4.78, 5) is 13.0. The molecule has 1 fully saturated rings. The first-order valence-electron chi connectivity index (χ1n) is 6.20. The molecule has 4 nitrogen and oxygen atoms in total. The highest BCUT2D eigenvalue weighted by atomic mass is 32.2. The van der Waals surface area contributed by atoms with Gasteiger partial charge in [-0.25, -0.2) is 8.42 Å². The van der Waals surface area contributed by atoms with E-state index in [1.807, 2.05) is 18.2 Å². The number of carbonyl (C=O) groups excluding carboxylic acids is 1. The summed E-state index contributed by atoms with van der Waals surface area (Å²) >= 11 is 0. The van der Waals surface area contributed by atoms with Gasteiger partial charge in [0.05, 0.1) is 11.0 Å². The molecule has 1 heterocycles. The van der Waals surface area contributed by atoms with E-state index in [9.17, 15) is 13.2 Å². The van der Waals surface area contributed by atoms with E-state index in [1.54, 1.807) is 17.0 Å². The van der Waals surface area contributed by atoms with Crippen molar-refractivity contribution in [3.05, 3.63) is 48.6 Å². The van der Waals surface area contributed by atoms with E-state index in [1.165, 1.54) is 6.08 Å². The van der Waals surface area contributed by atoms with Crippen molar-refractivity contribution < 1.29 is 13.2 Å². The lowest BCUT2D eigenvalue weighted by Crippen LogP contribution is -2.31. The van der Waals surface area contributed by atoms with Crippen LogP contribution in [0.5, 0.6) is 0 Å². The molecule has 1 aliphatic rings. The molecule has 1 aromatic carbocycles. The van der Waals surface area contributed by atoms with Gasteiger partial charge in [0.15, 0.2) is 9.84 Å². The lowest BCUT2D eigenvalue weighted by atomic mass is 10.2. The van der Waals surface area contributed by atoms with Gasteiger partial charge >= 0.3 is 0 Å². The van der Waals surface area contributed by atoms with Gasteiger partial charge < -0.3 is 4.90 Å². The second-order valence-electron chi connectivity index (χ2n) is 4.69. The first-order valence-corrected chi connectivity index (χ1v) is 7.91. The Morgan fingerprint density at radius 3 is 2.68 bits per heavy atom. The summed E-state index contributed by atoms with van der Waals surface area (Å²) in [5, 5.41) is -0.461. The zero-order valence-electron chi connectivity index (χ0n) is 10.7. The predicted molar refractivity (Wildman–Crippen MR) is 74.2 cm³/mol. The van der Waals surface area contributed by atoms with E-state index < -0.39 is 15.1 Å². The molecule has 0 aliphatic carbocycles. The van der Waals surface area contributed by atoms with Gasteiger partial charge in [-0.15, -0.1) is 0 Å². The maximum absolute atomic E-state index is 12.3. The van der Waals surface area contributed by atoms with Crippen LogP contribution in [0.25, 0.3) is 0 Å². The minimum atomic E-state index is -3.22. The molecule has 102 valence electrons. The van der Waals surface area contributed by atoms with Gasteiger partial charge in [0.25, 0.3) is 0 Å². The molecule has 0 saturated carbocycles. The van der Waals surface area contributed by atoms with Crippen molar-refractivity contribution in [3.8, 4) is 0 Å². The van der Waals surface area contributed by atoms with Crippen molar-refractivity contribution in [3.63, 3.8) is 0 Å². The Morgan fingerprint density at radius 1 is 1.37 bits per heavy atom. The molecular weight excluding hydrogens is 262 g/mol. The van der Waals surface area contributed by atoms with Gasteiger partial charge in [0.2, 0.25) is 5.91 Å². The number of carbonyl (C=O) groups is 1. The standard InChI is InChI=1S/C14H17NO3S/c1-2-14(16)15-9-8-13(10-15)19(17,18)11-12-6-4-3-5-7-12/h2-7,13H,1,8-11H2. The number of likely N-dealkylation sites (tertiary alicyclic amines) is 1. The minimum absolute atomic E-state index is 0.0363. The molecule has 2 rings (SSSR count). The third kappa shape index (κ3) is 3.23. The quantitative estimate of drug-likeness (QED) is 0.783. The molecule has 1 aliphatic heterocycles. The molecule has 0 bridgehead atoms. The van der Waals surface area contributed by atoms with Crippen LogP contribution in [-0.2, 0) is 20.4 Å². The predicted octanol–water partition coefficient (Wildman–Crippen LogP) is 1.39. The number of hydrogen-bond donors (Lipinski definition) is 0. The Kier molecular flexibility index (Phi) is 4.04. The number of amides is 1. The Balaban J connectivity index is 2.06. The van der Waals surface area contributed by atoms with Crippen LogP contribution in [-0.4, -0.2) is 37.6 Å². The summed E-state index contributed by atoms with van der Waals surface area (Å²) in [5.74, 6) is -0.161. The number of hydrogen-bond acceptors (Lipinski definition) is 3. The van der Waals surface area contributed by atoms with E-state index in [4.69, 9.17) is 0 Å². The van der Waals surface area contributed by atoms with Crippen LogP contribution in [0.3, 0.4) is 0 Å². The number of sulfone groups is 1. The van der Waals surface area contributed by atoms with Gasteiger partial charge in [-0.2, -0.15) is 0 Å². The molecule has 1 amide bonds. The molecule has 1 unspecified atom stereocenters. The highest BCUT2D eigenvalue weighted by molar-refractivity contribution is 7.91. The largest absolute Gasteiger partial charge is 0.338 e. The summed E-state index contributed by atoms with van der Waals surface area (Å²) in [6.45, 7) is 4.19. The van der Waals surface area contributed by atoms with Crippen molar-refractivity contribution in [1.82, 2.24) is 4.90 Å². The second-order valence-corrected chi connectivity index (χ2v) is 6.97. The fourth-order valence-electron chi connectivity index (χ4n) is 2.27. The first kappa shape index (κ1) is 13.8. The molecule has 0 radical (unpaired) electrons. The van der Waals surface area contributed by atoms with Crippen molar-refractivity contribution in [2.75, 3.05) is 13.1 Å². The molecule has 0 aromatic heterocycles. The molecule has 1 atom stereocenters. The van der Waals surface area contributed by atoms with Crippen LogP contribution >= 0.6 is 0 Å². The molecule has 5 heteroatoms. The van der Waals surface area contributed by atoms with Gasteiger partial charge in [0, 0.05) is 13.1 Å². The highest BCUT2D eigenvalue weighted by Crippen LogP contribution is 2.21. The van der Waals surface area contributed by atoms with Crippen molar-refractivity contribution >= 4 is 15.7 Å². The molecular formula is C14H17NO3S. The van der Waals surface area contributed by atoms with Crippen molar-refractivity contribution in [1.29, 1.82) is 0 Å². The zero-order valence-corrected chi connectivity index (χ0v) is 11.5. The summed E-state index contributed by atoms with van der Waals surface area (Å²) < 4.78 is 24.6. The van der Waals surface area contributed by atoms with E-state index >= 15 is 0 Å². The van der Waals surface area contributed by atoms with Gasteiger partial charge in [-0.3, -0.25) is 4.79 Å². The van der Waals surface area contributed by atoms with E-state index in [2.05, 4.69) is 6.58 Å². The van der Waals surface area contributed by atoms with Crippen LogP contribution < -0.4 is 0 Å². The average Bonchev–Trinajstić information content (AvgIpc) is 2.89. The minimum Gasteiger partial charge on any atom is -0.338 e. The SMILES string of the molecule is C=CC(=O)N1CCC(S(=O)(=O)Cc2ccccc2)C1. The lowest BCUT2D eigenvalue weighted by molar-refractivity contribution is -0.124. The third-order valence-corrected chi connectivity index (χ3v) is 5.49. The number of rotatable bonds is 4. The van der Waals surface area contributed by atoms with Crippen LogP contribution in [0, 0.1) is 0 Å². The molecule has 0 N–H and O–H groups in total. The summed E-state index contributed by atoms with van der Waals surface area (Å²) in [6, 6.07) is 9.12. The maximum Gasteiger partial charge on any atom is 0.245 e. The summed E-state index contributed by atoms with van der Waals surface area (Å²) in [7, 11) is -3.22. The van der Waals surface area contributed by atoms with Crippen LogP contribution in [0.2, 0.25) is 0 Å². The zero-order chi connectivity index (χ0) is 13.9. The Morgan fingerprint density at radius 2 is 2.05 bits per heavy atom. The fraction of sp³-hybridized carbons (Fsp3) is 0.357. The second kappa shape index (κ2) is 5.57. The van der Waals surface area contributed by atoms with Gasteiger partial charge in [-0.1, -0.05) is 36.9 Å². The fourth-order valence-corrected chi connectivity index (χ4v) is 4.04. The Bertz CT molecular complexity index is 566. The smallest absolute Gasteiger partial charge is 0.245 e. The van der Waals surface area contributed by atoms with E-state index in [0.717, 1.165) is 5.56 Å². The topological polar surface area (TPSA) is 54.5 Å². The van der Waals surface area contributed by atoms with E-state index in [0.29, 0.717) is 13.0 Å². The third-order valence-electron chi connectivity index (χ3n) is 3.35. The van der Waals surface area contributed by atoms with Crippen LogP contribution in [0.1, 0.15) is 12.0 Å². The van der Waals surface area contributed by atoms with Crippen LogP contribution in [0.15, 0.2) is 43.0 Å². The normalized spacial score (nSPS) is 19.4. The highest BCUT2D eigenvalue weighted by Gasteiger charge is 2.34. The number of benzene rings is 1.